The lowest BCUT2D eigenvalue weighted by atomic mass is 10.1. The summed E-state index contributed by atoms with van der Waals surface area (Å²) < 4.78 is 5.10. The summed E-state index contributed by atoms with van der Waals surface area (Å²) in [5.74, 6) is 0.644. The van der Waals surface area contributed by atoms with Crippen molar-refractivity contribution in [3.8, 4) is 11.5 Å². The molecule has 2 N–H and O–H groups in total. The van der Waals surface area contributed by atoms with E-state index < -0.39 is 0 Å². The molecule has 0 spiro atoms. The highest BCUT2D eigenvalue weighted by atomic mass is 35.5. The van der Waals surface area contributed by atoms with Crippen molar-refractivity contribution < 1.29 is 9.84 Å². The molecule has 106 valence electrons. The highest BCUT2D eigenvalue weighted by molar-refractivity contribution is 6.30. The highest BCUT2D eigenvalue weighted by Crippen LogP contribution is 2.26. The van der Waals surface area contributed by atoms with Crippen molar-refractivity contribution in [1.82, 2.24) is 5.32 Å². The zero-order chi connectivity index (χ0) is 14.5. The van der Waals surface area contributed by atoms with Gasteiger partial charge in [0.15, 0.2) is 11.5 Å². The predicted octanol–water partition coefficient (Wildman–Crippen LogP) is 3.91. The van der Waals surface area contributed by atoms with E-state index in [0.717, 1.165) is 10.6 Å². The van der Waals surface area contributed by atoms with E-state index in [2.05, 4.69) is 12.2 Å². The van der Waals surface area contributed by atoms with Gasteiger partial charge in [0.2, 0.25) is 0 Å². The molecule has 0 aromatic heterocycles. The van der Waals surface area contributed by atoms with Gasteiger partial charge in [-0.25, -0.2) is 0 Å². The summed E-state index contributed by atoms with van der Waals surface area (Å²) in [7, 11) is 1.54. The van der Waals surface area contributed by atoms with Gasteiger partial charge >= 0.3 is 0 Å². The van der Waals surface area contributed by atoms with Gasteiger partial charge in [-0.15, -0.1) is 0 Å². The average Bonchev–Trinajstić information content (AvgIpc) is 2.46. The molecule has 0 fully saturated rings. The lowest BCUT2D eigenvalue weighted by Gasteiger charge is -2.15. The first-order chi connectivity index (χ1) is 9.60. The fraction of sp³-hybridized carbons (Fsp3) is 0.250. The molecule has 0 bridgehead atoms. The zero-order valence-electron chi connectivity index (χ0n) is 11.6. The summed E-state index contributed by atoms with van der Waals surface area (Å²) >= 11 is 5.88. The van der Waals surface area contributed by atoms with Gasteiger partial charge in [0, 0.05) is 17.6 Å². The number of rotatable bonds is 5. The number of methoxy groups -OCH3 is 1. The second-order valence-electron chi connectivity index (χ2n) is 4.66. The van der Waals surface area contributed by atoms with Crippen molar-refractivity contribution in [1.29, 1.82) is 0 Å². The number of hydrogen-bond donors (Lipinski definition) is 2. The van der Waals surface area contributed by atoms with Gasteiger partial charge in [-0.1, -0.05) is 29.8 Å². The van der Waals surface area contributed by atoms with Crippen LogP contribution in [0.15, 0.2) is 42.5 Å². The Labute approximate surface area is 124 Å². The molecule has 0 aliphatic rings. The molecule has 1 atom stereocenters. The van der Waals surface area contributed by atoms with Crippen molar-refractivity contribution in [2.45, 2.75) is 19.5 Å². The fourth-order valence-electron chi connectivity index (χ4n) is 1.97. The van der Waals surface area contributed by atoms with E-state index in [4.69, 9.17) is 16.3 Å². The Bertz CT molecular complexity index is 569. The summed E-state index contributed by atoms with van der Waals surface area (Å²) in [6.45, 7) is 2.79. The van der Waals surface area contributed by atoms with Gasteiger partial charge in [0.25, 0.3) is 0 Å². The molecule has 0 radical (unpaired) electrons. The van der Waals surface area contributed by atoms with Gasteiger partial charge < -0.3 is 15.2 Å². The smallest absolute Gasteiger partial charge is 0.160 e. The van der Waals surface area contributed by atoms with E-state index in [-0.39, 0.29) is 11.8 Å². The second-order valence-corrected chi connectivity index (χ2v) is 5.10. The van der Waals surface area contributed by atoms with Crippen LogP contribution in [-0.2, 0) is 6.54 Å². The maximum atomic E-state index is 9.56. The minimum atomic E-state index is 0.155. The molecule has 0 aliphatic heterocycles. The molecular formula is C16H18ClNO2. The number of nitrogens with one attached hydrogen (secondary N) is 1. The van der Waals surface area contributed by atoms with Gasteiger partial charge in [0.05, 0.1) is 7.11 Å². The van der Waals surface area contributed by atoms with Crippen molar-refractivity contribution in [3.63, 3.8) is 0 Å². The largest absolute Gasteiger partial charge is 0.504 e. The zero-order valence-corrected chi connectivity index (χ0v) is 12.3. The maximum Gasteiger partial charge on any atom is 0.160 e. The van der Waals surface area contributed by atoms with Gasteiger partial charge in [-0.05, 0) is 42.3 Å². The number of hydrogen-bond acceptors (Lipinski definition) is 3. The molecule has 0 amide bonds. The van der Waals surface area contributed by atoms with E-state index in [0.29, 0.717) is 12.3 Å². The highest BCUT2D eigenvalue weighted by Gasteiger charge is 2.06. The number of aromatic hydroxyl groups is 1. The SMILES string of the molecule is COc1cc(CN[C@H](C)c2ccc(Cl)cc2)ccc1O. The molecule has 3 nitrogen and oxygen atoms in total. The predicted molar refractivity (Wildman–Crippen MR) is 81.4 cm³/mol. The Balaban J connectivity index is 1.99. The first-order valence-corrected chi connectivity index (χ1v) is 6.82. The van der Waals surface area contributed by atoms with Crippen LogP contribution in [0.1, 0.15) is 24.1 Å². The summed E-state index contributed by atoms with van der Waals surface area (Å²) in [5.41, 5.74) is 2.24. The van der Waals surface area contributed by atoms with Crippen LogP contribution in [0, 0.1) is 0 Å². The van der Waals surface area contributed by atoms with Crippen molar-refractivity contribution in [3.05, 3.63) is 58.6 Å². The Hall–Kier alpha value is -1.71. The molecule has 2 aromatic carbocycles. The van der Waals surface area contributed by atoms with Crippen molar-refractivity contribution in [2.24, 2.45) is 0 Å². The molecule has 0 saturated carbocycles. The molecule has 0 saturated heterocycles. The Morgan fingerprint density at radius 3 is 2.55 bits per heavy atom. The van der Waals surface area contributed by atoms with E-state index in [1.807, 2.05) is 36.4 Å². The third-order valence-corrected chi connectivity index (χ3v) is 3.48. The third kappa shape index (κ3) is 3.65. The molecule has 0 aliphatic carbocycles. The molecule has 4 heteroatoms. The van der Waals surface area contributed by atoms with E-state index in [1.54, 1.807) is 13.2 Å². The fourth-order valence-corrected chi connectivity index (χ4v) is 2.10. The minimum Gasteiger partial charge on any atom is -0.504 e. The number of ether oxygens (including phenoxy) is 1. The van der Waals surface area contributed by atoms with Crippen LogP contribution in [0.2, 0.25) is 5.02 Å². The molecule has 0 heterocycles. The van der Waals surface area contributed by atoms with Crippen molar-refractivity contribution in [2.75, 3.05) is 7.11 Å². The second kappa shape index (κ2) is 6.64. The van der Waals surface area contributed by atoms with Crippen LogP contribution in [0.4, 0.5) is 0 Å². The number of benzene rings is 2. The van der Waals surface area contributed by atoms with Gasteiger partial charge in [-0.2, -0.15) is 0 Å². The van der Waals surface area contributed by atoms with Crippen LogP contribution in [0.5, 0.6) is 11.5 Å². The van der Waals surface area contributed by atoms with Gasteiger partial charge in [0.1, 0.15) is 0 Å². The minimum absolute atomic E-state index is 0.155. The molecule has 2 rings (SSSR count). The van der Waals surface area contributed by atoms with Crippen LogP contribution in [-0.4, -0.2) is 12.2 Å². The number of halogens is 1. The van der Waals surface area contributed by atoms with E-state index in [9.17, 15) is 5.11 Å². The topological polar surface area (TPSA) is 41.5 Å². The Morgan fingerprint density at radius 1 is 1.20 bits per heavy atom. The normalized spacial score (nSPS) is 12.2. The summed E-state index contributed by atoms with van der Waals surface area (Å²) in [6.07, 6.45) is 0. The van der Waals surface area contributed by atoms with E-state index in [1.165, 1.54) is 5.56 Å². The lowest BCUT2D eigenvalue weighted by molar-refractivity contribution is 0.372. The lowest BCUT2D eigenvalue weighted by Crippen LogP contribution is -2.18. The van der Waals surface area contributed by atoms with Crippen LogP contribution in [0.3, 0.4) is 0 Å². The van der Waals surface area contributed by atoms with Crippen molar-refractivity contribution >= 4 is 11.6 Å². The van der Waals surface area contributed by atoms with E-state index >= 15 is 0 Å². The monoisotopic (exact) mass is 291 g/mol. The molecule has 0 unspecified atom stereocenters. The Kier molecular flexibility index (Phi) is 4.88. The number of phenolic OH excluding ortho intramolecular Hbond substituents is 1. The molecule has 20 heavy (non-hydrogen) atoms. The average molecular weight is 292 g/mol. The number of phenols is 1. The molecule has 2 aromatic rings. The van der Waals surface area contributed by atoms with Crippen LogP contribution < -0.4 is 10.1 Å². The third-order valence-electron chi connectivity index (χ3n) is 3.23. The first kappa shape index (κ1) is 14.7. The first-order valence-electron chi connectivity index (χ1n) is 6.45. The summed E-state index contributed by atoms with van der Waals surface area (Å²) in [6, 6.07) is 13.4. The molecular weight excluding hydrogens is 274 g/mol. The standard InChI is InChI=1S/C16H18ClNO2/c1-11(13-4-6-14(17)7-5-13)18-10-12-3-8-15(19)16(9-12)20-2/h3-9,11,18-19H,10H2,1-2H3/t11-/m1/s1. The van der Waals surface area contributed by atoms with Gasteiger partial charge in [-0.3, -0.25) is 0 Å². The van der Waals surface area contributed by atoms with Crippen LogP contribution >= 0.6 is 11.6 Å². The van der Waals surface area contributed by atoms with Crippen LogP contribution in [0.25, 0.3) is 0 Å². The Morgan fingerprint density at radius 2 is 1.90 bits per heavy atom. The quantitative estimate of drug-likeness (QED) is 0.878. The maximum absolute atomic E-state index is 9.56. The summed E-state index contributed by atoms with van der Waals surface area (Å²) in [4.78, 5) is 0. The summed E-state index contributed by atoms with van der Waals surface area (Å²) in [5, 5.41) is 13.7.